The largest absolute Gasteiger partial charge is 0.481 e. The fraction of sp³-hybridized carbons (Fsp3) is 0.300. The van der Waals surface area contributed by atoms with E-state index in [4.69, 9.17) is 16.7 Å². The van der Waals surface area contributed by atoms with Gasteiger partial charge in [-0.1, -0.05) is 11.6 Å². The molecule has 82 valence electrons. The lowest BCUT2D eigenvalue weighted by molar-refractivity contribution is -0.137. The third-order valence-electron chi connectivity index (χ3n) is 1.96. The number of hydrogen-bond donors (Lipinski definition) is 1. The van der Waals surface area contributed by atoms with Gasteiger partial charge in [-0.25, -0.2) is 4.39 Å². The van der Waals surface area contributed by atoms with Gasteiger partial charge >= 0.3 is 5.97 Å². The highest BCUT2D eigenvalue weighted by Crippen LogP contribution is 2.29. The molecule has 15 heavy (non-hydrogen) atoms. The predicted octanol–water partition coefficient (Wildman–Crippen LogP) is 3.65. The molecule has 0 amide bonds. The number of rotatable bonds is 4. The Kier molecular flexibility index (Phi) is 4.54. The van der Waals surface area contributed by atoms with Gasteiger partial charge in [0.15, 0.2) is 0 Å². The van der Waals surface area contributed by atoms with Crippen LogP contribution in [0.3, 0.4) is 0 Å². The Morgan fingerprint density at radius 3 is 2.80 bits per heavy atom. The molecule has 0 aliphatic rings. The van der Waals surface area contributed by atoms with E-state index in [0.29, 0.717) is 27.9 Å². The van der Waals surface area contributed by atoms with E-state index in [1.807, 2.05) is 0 Å². The van der Waals surface area contributed by atoms with Gasteiger partial charge in [0.1, 0.15) is 5.82 Å². The van der Waals surface area contributed by atoms with E-state index < -0.39 is 5.97 Å². The van der Waals surface area contributed by atoms with Crippen molar-refractivity contribution in [3.63, 3.8) is 0 Å². The van der Waals surface area contributed by atoms with E-state index in [9.17, 15) is 9.18 Å². The number of benzene rings is 1. The molecule has 1 N–H and O–H groups in total. The average Bonchev–Trinajstić information content (AvgIpc) is 2.17. The highest BCUT2D eigenvalue weighted by atomic mass is 79.9. The normalized spacial score (nSPS) is 10.3. The van der Waals surface area contributed by atoms with Gasteiger partial charge in [-0.3, -0.25) is 4.79 Å². The summed E-state index contributed by atoms with van der Waals surface area (Å²) in [5.41, 5.74) is 0.434. The Balaban J connectivity index is 2.75. The second-order valence-electron chi connectivity index (χ2n) is 3.07. The van der Waals surface area contributed by atoms with Crippen LogP contribution in [0.4, 0.5) is 4.39 Å². The summed E-state index contributed by atoms with van der Waals surface area (Å²) in [4.78, 5) is 10.3. The van der Waals surface area contributed by atoms with Crippen LogP contribution < -0.4 is 0 Å². The maximum atomic E-state index is 13.3. The van der Waals surface area contributed by atoms with E-state index in [0.717, 1.165) is 0 Å². The van der Waals surface area contributed by atoms with Gasteiger partial charge in [-0.15, -0.1) is 0 Å². The summed E-state index contributed by atoms with van der Waals surface area (Å²) >= 11 is 8.98. The quantitative estimate of drug-likeness (QED) is 0.861. The molecule has 1 rings (SSSR count). The number of carboxylic acids is 1. The smallest absolute Gasteiger partial charge is 0.303 e. The van der Waals surface area contributed by atoms with Gasteiger partial charge in [-0.05, 0) is 40.9 Å². The van der Waals surface area contributed by atoms with Gasteiger partial charge in [-0.2, -0.15) is 0 Å². The molecule has 0 aliphatic carbocycles. The summed E-state index contributed by atoms with van der Waals surface area (Å²) in [5, 5.41) is 8.89. The number of halogens is 3. The van der Waals surface area contributed by atoms with E-state index in [1.54, 1.807) is 0 Å². The fourth-order valence-electron chi connectivity index (χ4n) is 1.21. The van der Waals surface area contributed by atoms with Crippen LogP contribution in [0.5, 0.6) is 0 Å². The summed E-state index contributed by atoms with van der Waals surface area (Å²) in [6.07, 6.45) is 0.781. The number of aliphatic carboxylic acids is 1. The van der Waals surface area contributed by atoms with Crippen LogP contribution in [0.15, 0.2) is 16.6 Å². The highest BCUT2D eigenvalue weighted by Gasteiger charge is 2.10. The Bertz CT molecular complexity index is 382. The molecule has 1 aromatic carbocycles. The highest BCUT2D eigenvalue weighted by molar-refractivity contribution is 9.10. The van der Waals surface area contributed by atoms with Crippen LogP contribution in [-0.4, -0.2) is 11.1 Å². The van der Waals surface area contributed by atoms with Crippen LogP contribution in [-0.2, 0) is 11.2 Å². The molecular weight excluding hydrogens is 286 g/mol. The third-order valence-corrected chi connectivity index (χ3v) is 3.41. The summed E-state index contributed by atoms with van der Waals surface area (Å²) in [6, 6.07) is 2.74. The van der Waals surface area contributed by atoms with E-state index >= 15 is 0 Å². The number of carboxylic acid groups (broad SMARTS) is 1. The predicted molar refractivity (Wildman–Crippen MR) is 59.7 cm³/mol. The Morgan fingerprint density at radius 1 is 1.53 bits per heavy atom. The van der Waals surface area contributed by atoms with Crippen molar-refractivity contribution >= 4 is 33.5 Å². The van der Waals surface area contributed by atoms with Gasteiger partial charge in [0.2, 0.25) is 0 Å². The van der Waals surface area contributed by atoms with Crippen molar-refractivity contribution in [1.82, 2.24) is 0 Å². The van der Waals surface area contributed by atoms with Crippen molar-refractivity contribution in [3.05, 3.63) is 33.0 Å². The minimum atomic E-state index is -0.881. The lowest BCUT2D eigenvalue weighted by atomic mass is 10.1. The zero-order valence-electron chi connectivity index (χ0n) is 7.77. The van der Waals surface area contributed by atoms with Gasteiger partial charge < -0.3 is 5.11 Å². The summed E-state index contributed by atoms with van der Waals surface area (Å²) in [6.45, 7) is 0. The van der Waals surface area contributed by atoms with Crippen LogP contribution >= 0.6 is 27.5 Å². The van der Waals surface area contributed by atoms with Crippen molar-refractivity contribution in [2.45, 2.75) is 19.3 Å². The molecule has 0 saturated carbocycles. The lowest BCUT2D eigenvalue weighted by Gasteiger charge is -2.06. The second-order valence-corrected chi connectivity index (χ2v) is 4.27. The molecule has 0 fully saturated rings. The standard InChI is InChI=1S/C10H9BrClFO2/c11-10-6(2-1-3-9(14)15)8(13)5-4-7(10)12/h4-5H,1-3H2,(H,14,15). The van der Waals surface area contributed by atoms with E-state index in [-0.39, 0.29) is 12.2 Å². The van der Waals surface area contributed by atoms with Crippen molar-refractivity contribution < 1.29 is 14.3 Å². The number of carbonyl (C=O) groups is 1. The maximum absolute atomic E-state index is 13.3. The summed E-state index contributed by atoms with van der Waals surface area (Å²) in [5.74, 6) is -1.25. The average molecular weight is 296 g/mol. The topological polar surface area (TPSA) is 37.3 Å². The first-order valence-electron chi connectivity index (χ1n) is 4.36. The van der Waals surface area contributed by atoms with Gasteiger partial charge in [0, 0.05) is 16.5 Å². The van der Waals surface area contributed by atoms with Crippen LogP contribution in [0, 0.1) is 5.82 Å². The first-order valence-corrected chi connectivity index (χ1v) is 5.53. The van der Waals surface area contributed by atoms with E-state index in [1.165, 1.54) is 12.1 Å². The molecule has 5 heteroatoms. The first kappa shape index (κ1) is 12.5. The SMILES string of the molecule is O=C(O)CCCc1c(F)ccc(Cl)c1Br. The zero-order valence-corrected chi connectivity index (χ0v) is 10.1. The van der Waals surface area contributed by atoms with Crippen molar-refractivity contribution in [1.29, 1.82) is 0 Å². The van der Waals surface area contributed by atoms with Crippen molar-refractivity contribution in [2.24, 2.45) is 0 Å². The Hall–Kier alpha value is -0.610. The molecular formula is C10H9BrClFO2. The molecule has 0 atom stereocenters. The van der Waals surface area contributed by atoms with Crippen LogP contribution in [0.2, 0.25) is 5.02 Å². The first-order chi connectivity index (χ1) is 7.02. The maximum Gasteiger partial charge on any atom is 0.303 e. The van der Waals surface area contributed by atoms with Crippen LogP contribution in [0.25, 0.3) is 0 Å². The third kappa shape index (κ3) is 3.47. The molecule has 0 unspecified atom stereocenters. The zero-order chi connectivity index (χ0) is 11.4. The molecule has 1 aromatic rings. The molecule has 0 aromatic heterocycles. The Labute approximate surface area is 100 Å². The molecule has 0 spiro atoms. The lowest BCUT2D eigenvalue weighted by Crippen LogP contribution is -1.98. The molecule has 0 heterocycles. The molecule has 0 saturated heterocycles. The second kappa shape index (κ2) is 5.47. The fourth-order valence-corrected chi connectivity index (χ4v) is 1.91. The van der Waals surface area contributed by atoms with Crippen molar-refractivity contribution in [2.75, 3.05) is 0 Å². The minimum Gasteiger partial charge on any atom is -0.481 e. The molecule has 0 bridgehead atoms. The van der Waals surface area contributed by atoms with Gasteiger partial charge in [0.05, 0.1) is 5.02 Å². The van der Waals surface area contributed by atoms with Crippen LogP contribution in [0.1, 0.15) is 18.4 Å². The molecule has 0 radical (unpaired) electrons. The van der Waals surface area contributed by atoms with Gasteiger partial charge in [0.25, 0.3) is 0 Å². The van der Waals surface area contributed by atoms with E-state index in [2.05, 4.69) is 15.9 Å². The van der Waals surface area contributed by atoms with Crippen molar-refractivity contribution in [3.8, 4) is 0 Å². The summed E-state index contributed by atoms with van der Waals surface area (Å²) < 4.78 is 13.8. The Morgan fingerprint density at radius 2 is 2.20 bits per heavy atom. The number of hydrogen-bond acceptors (Lipinski definition) is 1. The minimum absolute atomic E-state index is 0.0262. The molecule has 0 aliphatic heterocycles. The monoisotopic (exact) mass is 294 g/mol. The molecule has 2 nitrogen and oxygen atoms in total. The summed E-state index contributed by atoms with van der Waals surface area (Å²) in [7, 11) is 0.